The van der Waals surface area contributed by atoms with E-state index < -0.39 is 0 Å². The van der Waals surface area contributed by atoms with Crippen LogP contribution in [0.15, 0.2) is 14.9 Å². The molecule has 1 saturated carbocycles. The first-order chi connectivity index (χ1) is 9.26. The molecule has 2 aromatic rings. The van der Waals surface area contributed by atoms with Gasteiger partial charge in [0.05, 0.1) is 5.69 Å². The van der Waals surface area contributed by atoms with E-state index in [0.29, 0.717) is 11.0 Å². The van der Waals surface area contributed by atoms with Crippen molar-refractivity contribution in [3.63, 3.8) is 0 Å². The molecule has 100 valence electrons. The SMILES string of the molecule is CSc1nnc(NC(=O)c2cc(C3CCC3)no2)s1. The highest BCUT2D eigenvalue weighted by molar-refractivity contribution is 8.00. The number of amides is 1. The highest BCUT2D eigenvalue weighted by Crippen LogP contribution is 2.35. The molecule has 0 radical (unpaired) electrons. The molecule has 1 fully saturated rings. The first kappa shape index (κ1) is 12.6. The first-order valence-electron chi connectivity index (χ1n) is 5.91. The van der Waals surface area contributed by atoms with Crippen LogP contribution >= 0.6 is 23.1 Å². The zero-order valence-corrected chi connectivity index (χ0v) is 11.9. The van der Waals surface area contributed by atoms with Gasteiger partial charge in [-0.15, -0.1) is 10.2 Å². The summed E-state index contributed by atoms with van der Waals surface area (Å²) in [6, 6.07) is 1.72. The van der Waals surface area contributed by atoms with Crippen molar-refractivity contribution in [1.82, 2.24) is 15.4 Å². The van der Waals surface area contributed by atoms with Crippen molar-refractivity contribution in [1.29, 1.82) is 0 Å². The first-order valence-corrected chi connectivity index (χ1v) is 7.96. The Bertz CT molecular complexity index is 591. The molecule has 0 spiro atoms. The van der Waals surface area contributed by atoms with Crippen LogP contribution < -0.4 is 5.32 Å². The van der Waals surface area contributed by atoms with Gasteiger partial charge in [-0.05, 0) is 19.1 Å². The number of carbonyl (C=O) groups excluding carboxylic acids is 1. The molecule has 2 aromatic heterocycles. The highest BCUT2D eigenvalue weighted by atomic mass is 32.2. The topological polar surface area (TPSA) is 80.9 Å². The Labute approximate surface area is 118 Å². The number of nitrogens with zero attached hydrogens (tertiary/aromatic N) is 3. The molecule has 8 heteroatoms. The summed E-state index contributed by atoms with van der Waals surface area (Å²) in [4.78, 5) is 11.9. The fourth-order valence-corrected chi connectivity index (χ4v) is 2.96. The monoisotopic (exact) mass is 296 g/mol. The Balaban J connectivity index is 1.67. The van der Waals surface area contributed by atoms with Crippen LogP contribution in [0.2, 0.25) is 0 Å². The predicted molar refractivity (Wildman–Crippen MR) is 72.7 cm³/mol. The summed E-state index contributed by atoms with van der Waals surface area (Å²) in [7, 11) is 0. The van der Waals surface area contributed by atoms with E-state index in [1.54, 1.807) is 6.07 Å². The van der Waals surface area contributed by atoms with Gasteiger partial charge in [0.15, 0.2) is 4.34 Å². The fourth-order valence-electron chi connectivity index (χ4n) is 1.79. The normalized spacial score (nSPS) is 15.2. The van der Waals surface area contributed by atoms with Gasteiger partial charge in [-0.1, -0.05) is 34.7 Å². The molecule has 1 N–H and O–H groups in total. The molecule has 0 unspecified atom stereocenters. The molecule has 2 heterocycles. The van der Waals surface area contributed by atoms with Gasteiger partial charge in [-0.25, -0.2) is 0 Å². The summed E-state index contributed by atoms with van der Waals surface area (Å²) in [5.74, 6) is 0.347. The maximum atomic E-state index is 11.9. The molecular weight excluding hydrogens is 284 g/mol. The average Bonchev–Trinajstić information content (AvgIpc) is 2.96. The van der Waals surface area contributed by atoms with E-state index in [4.69, 9.17) is 4.52 Å². The molecule has 0 aliphatic heterocycles. The lowest BCUT2D eigenvalue weighted by Gasteiger charge is -2.22. The zero-order valence-electron chi connectivity index (χ0n) is 10.3. The molecule has 19 heavy (non-hydrogen) atoms. The van der Waals surface area contributed by atoms with Gasteiger partial charge < -0.3 is 4.52 Å². The van der Waals surface area contributed by atoms with Crippen LogP contribution in [0.3, 0.4) is 0 Å². The summed E-state index contributed by atoms with van der Waals surface area (Å²) in [6.45, 7) is 0. The number of hydrogen-bond donors (Lipinski definition) is 1. The summed E-state index contributed by atoms with van der Waals surface area (Å²) in [5.41, 5.74) is 0.874. The van der Waals surface area contributed by atoms with E-state index in [-0.39, 0.29) is 11.7 Å². The molecule has 6 nitrogen and oxygen atoms in total. The maximum absolute atomic E-state index is 11.9. The Morgan fingerprint density at radius 2 is 2.37 bits per heavy atom. The van der Waals surface area contributed by atoms with Crippen molar-refractivity contribution in [2.45, 2.75) is 29.5 Å². The van der Waals surface area contributed by atoms with Gasteiger partial charge in [-0.2, -0.15) is 0 Å². The van der Waals surface area contributed by atoms with E-state index in [1.807, 2.05) is 6.26 Å². The third-order valence-corrected chi connectivity index (χ3v) is 4.89. The van der Waals surface area contributed by atoms with Crippen LogP contribution in [0.1, 0.15) is 41.4 Å². The Morgan fingerprint density at radius 3 is 3.00 bits per heavy atom. The number of anilines is 1. The van der Waals surface area contributed by atoms with Crippen molar-refractivity contribution in [3.05, 3.63) is 17.5 Å². The van der Waals surface area contributed by atoms with Crippen molar-refractivity contribution in [3.8, 4) is 0 Å². The Kier molecular flexibility index (Phi) is 3.52. The number of aromatic nitrogens is 3. The molecule has 0 bridgehead atoms. The second-order valence-corrected chi connectivity index (χ2v) is 6.31. The number of thioether (sulfide) groups is 1. The minimum Gasteiger partial charge on any atom is -0.351 e. The number of rotatable bonds is 4. The predicted octanol–water partition coefficient (Wildman–Crippen LogP) is 2.77. The lowest BCUT2D eigenvalue weighted by molar-refractivity contribution is 0.0987. The van der Waals surface area contributed by atoms with Crippen LogP contribution in [-0.4, -0.2) is 27.5 Å². The van der Waals surface area contributed by atoms with Crippen molar-refractivity contribution < 1.29 is 9.32 Å². The van der Waals surface area contributed by atoms with Gasteiger partial charge in [0, 0.05) is 12.0 Å². The number of carbonyl (C=O) groups is 1. The molecular formula is C11H12N4O2S2. The summed E-state index contributed by atoms with van der Waals surface area (Å²) in [5, 5.41) is 14.9. The van der Waals surface area contributed by atoms with E-state index in [0.717, 1.165) is 22.9 Å². The molecule has 1 aliphatic rings. The van der Waals surface area contributed by atoms with Gasteiger partial charge in [0.1, 0.15) is 0 Å². The van der Waals surface area contributed by atoms with Crippen LogP contribution in [0.25, 0.3) is 0 Å². The maximum Gasteiger partial charge on any atom is 0.296 e. The molecule has 0 atom stereocenters. The molecule has 0 aromatic carbocycles. The minimum atomic E-state index is -0.332. The second kappa shape index (κ2) is 5.30. The minimum absolute atomic E-state index is 0.225. The van der Waals surface area contributed by atoms with Crippen molar-refractivity contribution in [2.75, 3.05) is 11.6 Å². The molecule has 1 amide bonds. The molecule has 1 aliphatic carbocycles. The average molecular weight is 296 g/mol. The lowest BCUT2D eigenvalue weighted by Crippen LogP contribution is -2.11. The Morgan fingerprint density at radius 1 is 1.53 bits per heavy atom. The third kappa shape index (κ3) is 2.64. The van der Waals surface area contributed by atoms with Gasteiger partial charge in [-0.3, -0.25) is 10.1 Å². The van der Waals surface area contributed by atoms with Gasteiger partial charge in [0.25, 0.3) is 5.91 Å². The highest BCUT2D eigenvalue weighted by Gasteiger charge is 2.25. The van der Waals surface area contributed by atoms with Crippen molar-refractivity contribution in [2.24, 2.45) is 0 Å². The van der Waals surface area contributed by atoms with Crippen LogP contribution in [0.5, 0.6) is 0 Å². The standard InChI is InChI=1S/C11H12N4O2S2/c1-18-11-14-13-10(19-11)12-9(16)8-5-7(15-17-8)6-3-2-4-6/h5-6H,2-4H2,1H3,(H,12,13,16). The van der Waals surface area contributed by atoms with Crippen LogP contribution in [-0.2, 0) is 0 Å². The number of hydrogen-bond acceptors (Lipinski definition) is 7. The Hall–Kier alpha value is -1.41. The van der Waals surface area contributed by atoms with E-state index in [1.165, 1.54) is 29.5 Å². The third-order valence-electron chi connectivity index (χ3n) is 3.08. The molecule has 0 saturated heterocycles. The van der Waals surface area contributed by atoms with Gasteiger partial charge in [0.2, 0.25) is 10.9 Å². The van der Waals surface area contributed by atoms with E-state index in [9.17, 15) is 4.79 Å². The fraction of sp³-hybridized carbons (Fsp3) is 0.455. The van der Waals surface area contributed by atoms with Crippen LogP contribution in [0, 0.1) is 0 Å². The zero-order chi connectivity index (χ0) is 13.2. The smallest absolute Gasteiger partial charge is 0.296 e. The molecule has 3 rings (SSSR count). The quantitative estimate of drug-likeness (QED) is 0.690. The van der Waals surface area contributed by atoms with E-state index in [2.05, 4.69) is 20.7 Å². The van der Waals surface area contributed by atoms with Crippen LogP contribution in [0.4, 0.5) is 5.13 Å². The summed E-state index contributed by atoms with van der Waals surface area (Å²) < 4.78 is 5.89. The lowest BCUT2D eigenvalue weighted by atomic mass is 9.83. The summed E-state index contributed by atoms with van der Waals surface area (Å²) >= 11 is 2.82. The van der Waals surface area contributed by atoms with Gasteiger partial charge >= 0.3 is 0 Å². The summed E-state index contributed by atoms with van der Waals surface area (Å²) in [6.07, 6.45) is 5.39. The van der Waals surface area contributed by atoms with E-state index >= 15 is 0 Å². The van der Waals surface area contributed by atoms with Crippen molar-refractivity contribution >= 4 is 34.1 Å². The second-order valence-electron chi connectivity index (χ2n) is 4.28. The number of nitrogens with one attached hydrogen (secondary N) is 1. The largest absolute Gasteiger partial charge is 0.351 e.